The van der Waals surface area contributed by atoms with Gasteiger partial charge in [-0.25, -0.2) is 4.79 Å². The molecular weight excluding hydrogens is 418 g/mol. The van der Waals surface area contributed by atoms with Crippen molar-refractivity contribution in [2.24, 2.45) is 7.05 Å². The summed E-state index contributed by atoms with van der Waals surface area (Å²) >= 11 is 0. The smallest absolute Gasteiger partial charge is 0.332 e. The second-order valence-corrected chi connectivity index (χ2v) is 8.16. The summed E-state index contributed by atoms with van der Waals surface area (Å²) in [6.45, 7) is 4.25. The van der Waals surface area contributed by atoms with Crippen molar-refractivity contribution >= 4 is 16.9 Å². The van der Waals surface area contributed by atoms with Crippen LogP contribution in [0.4, 0.5) is 0 Å². The molecule has 0 saturated heterocycles. The summed E-state index contributed by atoms with van der Waals surface area (Å²) in [7, 11) is 3.29. The van der Waals surface area contributed by atoms with Gasteiger partial charge in [0.15, 0.2) is 11.2 Å². The SMILES string of the molecule is COc1cccc(-n2c(C)c(C)n3c4c(=O)n(CCc5ccccc5)c(=O)n(C)c4nc23)c1. The maximum absolute atomic E-state index is 13.6. The minimum atomic E-state index is -0.369. The van der Waals surface area contributed by atoms with E-state index in [9.17, 15) is 9.59 Å². The molecule has 8 heteroatoms. The van der Waals surface area contributed by atoms with Crippen molar-refractivity contribution in [3.8, 4) is 11.4 Å². The van der Waals surface area contributed by atoms with Gasteiger partial charge in [-0.2, -0.15) is 4.98 Å². The fourth-order valence-electron chi connectivity index (χ4n) is 4.39. The number of aryl methyl sites for hydroxylation is 3. The van der Waals surface area contributed by atoms with E-state index in [1.807, 2.05) is 77.4 Å². The number of methoxy groups -OCH3 is 1. The van der Waals surface area contributed by atoms with Crippen molar-refractivity contribution in [2.75, 3.05) is 7.11 Å². The average molecular weight is 444 g/mol. The van der Waals surface area contributed by atoms with Crippen LogP contribution in [-0.4, -0.2) is 30.2 Å². The predicted octanol–water partition coefficient (Wildman–Crippen LogP) is 3.01. The molecule has 2 aromatic carbocycles. The summed E-state index contributed by atoms with van der Waals surface area (Å²) in [6.07, 6.45) is 0.590. The molecule has 0 aliphatic carbocycles. The zero-order valence-electron chi connectivity index (χ0n) is 19.1. The Balaban J connectivity index is 1.76. The number of aromatic nitrogens is 5. The fraction of sp³-hybridized carbons (Fsp3) is 0.240. The lowest BCUT2D eigenvalue weighted by Crippen LogP contribution is -2.39. The third-order valence-electron chi connectivity index (χ3n) is 6.30. The van der Waals surface area contributed by atoms with Gasteiger partial charge < -0.3 is 4.74 Å². The molecule has 0 spiro atoms. The van der Waals surface area contributed by atoms with Gasteiger partial charge in [0.2, 0.25) is 5.78 Å². The Hall–Kier alpha value is -4.07. The topological polar surface area (TPSA) is 75.5 Å². The number of imidazole rings is 2. The minimum absolute atomic E-state index is 0.299. The van der Waals surface area contributed by atoms with Crippen LogP contribution in [0.3, 0.4) is 0 Å². The molecule has 5 aromatic rings. The first-order valence-electron chi connectivity index (χ1n) is 10.8. The highest BCUT2D eigenvalue weighted by Gasteiger charge is 2.23. The highest BCUT2D eigenvalue weighted by atomic mass is 16.5. The van der Waals surface area contributed by atoms with Crippen LogP contribution < -0.4 is 16.0 Å². The van der Waals surface area contributed by atoms with Gasteiger partial charge in [-0.15, -0.1) is 0 Å². The van der Waals surface area contributed by atoms with E-state index in [2.05, 4.69) is 0 Å². The molecule has 0 radical (unpaired) electrons. The Kier molecular flexibility index (Phi) is 4.92. The molecule has 5 rings (SSSR count). The van der Waals surface area contributed by atoms with Gasteiger partial charge in [0.25, 0.3) is 5.56 Å². The Morgan fingerprint density at radius 3 is 2.45 bits per heavy atom. The number of fused-ring (bicyclic) bond motifs is 3. The highest BCUT2D eigenvalue weighted by Crippen LogP contribution is 2.26. The number of ether oxygens (including phenoxy) is 1. The van der Waals surface area contributed by atoms with Crippen LogP contribution in [0.1, 0.15) is 17.0 Å². The van der Waals surface area contributed by atoms with E-state index in [1.54, 1.807) is 14.2 Å². The molecule has 168 valence electrons. The van der Waals surface area contributed by atoms with E-state index in [4.69, 9.17) is 9.72 Å². The summed E-state index contributed by atoms with van der Waals surface area (Å²) in [5.41, 5.74) is 3.86. The first-order valence-corrected chi connectivity index (χ1v) is 10.8. The summed E-state index contributed by atoms with van der Waals surface area (Å²) in [4.78, 5) is 31.4. The number of rotatable bonds is 5. The van der Waals surface area contributed by atoms with Gasteiger partial charge in [0.1, 0.15) is 5.75 Å². The number of benzene rings is 2. The van der Waals surface area contributed by atoms with Crippen LogP contribution >= 0.6 is 0 Å². The quantitative estimate of drug-likeness (QED) is 0.419. The van der Waals surface area contributed by atoms with Crippen LogP contribution in [0.15, 0.2) is 64.2 Å². The van der Waals surface area contributed by atoms with Gasteiger partial charge >= 0.3 is 5.69 Å². The van der Waals surface area contributed by atoms with Gasteiger partial charge in [-0.05, 0) is 38.0 Å². The molecule has 3 heterocycles. The van der Waals surface area contributed by atoms with Crippen molar-refractivity contribution in [1.82, 2.24) is 23.1 Å². The van der Waals surface area contributed by atoms with Crippen molar-refractivity contribution < 1.29 is 4.74 Å². The largest absolute Gasteiger partial charge is 0.497 e. The second-order valence-electron chi connectivity index (χ2n) is 8.16. The van der Waals surface area contributed by atoms with Crippen LogP contribution in [0.2, 0.25) is 0 Å². The molecule has 0 unspecified atom stereocenters. The van der Waals surface area contributed by atoms with E-state index in [0.29, 0.717) is 29.9 Å². The van der Waals surface area contributed by atoms with E-state index < -0.39 is 0 Å². The molecule has 0 atom stereocenters. The molecule has 0 N–H and O–H groups in total. The molecule has 0 amide bonds. The maximum atomic E-state index is 13.6. The predicted molar refractivity (Wildman–Crippen MR) is 128 cm³/mol. The van der Waals surface area contributed by atoms with E-state index in [1.165, 1.54) is 9.13 Å². The van der Waals surface area contributed by atoms with E-state index in [0.717, 1.165) is 28.4 Å². The average Bonchev–Trinajstić information content (AvgIpc) is 3.33. The molecule has 0 aliphatic heterocycles. The molecular formula is C25H25N5O3. The number of hydrogen-bond donors (Lipinski definition) is 0. The second kappa shape index (κ2) is 7.81. The molecule has 3 aromatic heterocycles. The first kappa shape index (κ1) is 20.8. The third-order valence-corrected chi connectivity index (χ3v) is 6.30. The standard InChI is InChI=1S/C25H25N5O3/c1-16-17(2)30-21-22(26-24(30)29(16)19-11-8-12-20(15-19)33-4)27(3)25(32)28(23(21)31)14-13-18-9-6-5-7-10-18/h5-12,15H,13-14H2,1-4H3. The van der Waals surface area contributed by atoms with E-state index >= 15 is 0 Å². The summed E-state index contributed by atoms with van der Waals surface area (Å²) in [5, 5.41) is 0. The lowest BCUT2D eigenvalue weighted by Gasteiger charge is -2.09. The molecule has 0 fully saturated rings. The number of hydrogen-bond acceptors (Lipinski definition) is 4. The number of nitrogens with zero attached hydrogens (tertiary/aromatic N) is 5. The summed E-state index contributed by atoms with van der Waals surface area (Å²) < 4.78 is 12.0. The highest BCUT2D eigenvalue weighted by molar-refractivity contribution is 5.77. The van der Waals surface area contributed by atoms with Gasteiger partial charge in [-0.1, -0.05) is 36.4 Å². The van der Waals surface area contributed by atoms with Crippen LogP contribution in [0.25, 0.3) is 22.6 Å². The molecule has 33 heavy (non-hydrogen) atoms. The maximum Gasteiger partial charge on any atom is 0.332 e. The Morgan fingerprint density at radius 2 is 1.73 bits per heavy atom. The Bertz CT molecular complexity index is 1620. The molecule has 0 bridgehead atoms. The lowest BCUT2D eigenvalue weighted by molar-refractivity contribution is 0.414. The zero-order chi connectivity index (χ0) is 23.3. The van der Waals surface area contributed by atoms with Crippen molar-refractivity contribution in [3.05, 3.63) is 92.4 Å². The minimum Gasteiger partial charge on any atom is -0.497 e. The van der Waals surface area contributed by atoms with Gasteiger partial charge in [-0.3, -0.25) is 22.9 Å². The van der Waals surface area contributed by atoms with E-state index in [-0.39, 0.29) is 11.2 Å². The van der Waals surface area contributed by atoms with Crippen molar-refractivity contribution in [3.63, 3.8) is 0 Å². The van der Waals surface area contributed by atoms with Crippen LogP contribution in [0.5, 0.6) is 5.75 Å². The third kappa shape index (κ3) is 3.17. The van der Waals surface area contributed by atoms with Crippen LogP contribution in [0, 0.1) is 13.8 Å². The normalized spacial score (nSPS) is 11.5. The fourth-order valence-corrected chi connectivity index (χ4v) is 4.39. The van der Waals surface area contributed by atoms with Gasteiger partial charge in [0.05, 0.1) is 12.8 Å². The Morgan fingerprint density at radius 1 is 0.970 bits per heavy atom. The summed E-state index contributed by atoms with van der Waals surface area (Å²) in [5.74, 6) is 1.31. The molecule has 0 aliphatic rings. The zero-order valence-corrected chi connectivity index (χ0v) is 19.1. The molecule has 8 nitrogen and oxygen atoms in total. The van der Waals surface area contributed by atoms with Gasteiger partial charge in [0, 0.05) is 31.0 Å². The van der Waals surface area contributed by atoms with Crippen LogP contribution in [-0.2, 0) is 20.0 Å². The monoisotopic (exact) mass is 443 g/mol. The summed E-state index contributed by atoms with van der Waals surface area (Å²) in [6, 6.07) is 17.5. The van der Waals surface area contributed by atoms with Crippen molar-refractivity contribution in [2.45, 2.75) is 26.8 Å². The first-order chi connectivity index (χ1) is 15.9. The Labute approximate surface area is 189 Å². The van der Waals surface area contributed by atoms with Crippen molar-refractivity contribution in [1.29, 1.82) is 0 Å². The lowest BCUT2D eigenvalue weighted by atomic mass is 10.1. The molecule has 0 saturated carbocycles.